The van der Waals surface area contributed by atoms with Gasteiger partial charge in [-0.2, -0.15) is 0 Å². The van der Waals surface area contributed by atoms with Crippen LogP contribution in [-0.2, 0) is 20.9 Å². The molecule has 198 valence electrons. The van der Waals surface area contributed by atoms with Crippen LogP contribution >= 0.6 is 0 Å². The molecule has 4 rings (SSSR count). The fraction of sp³-hybridized carbons (Fsp3) is 0.267. The van der Waals surface area contributed by atoms with Crippen molar-refractivity contribution in [2.75, 3.05) is 27.4 Å². The minimum absolute atomic E-state index is 0.0337. The second-order valence-corrected chi connectivity index (χ2v) is 9.07. The molecule has 1 heterocycles. The molecule has 1 amide bonds. The van der Waals surface area contributed by atoms with Gasteiger partial charge in [0, 0.05) is 25.8 Å². The molecule has 0 unspecified atom stereocenters. The fourth-order valence-corrected chi connectivity index (χ4v) is 4.53. The van der Waals surface area contributed by atoms with Gasteiger partial charge in [0.1, 0.15) is 18.1 Å². The van der Waals surface area contributed by atoms with Gasteiger partial charge in [0.15, 0.2) is 11.5 Å². The molecular weight excluding hydrogens is 486 g/mol. The second-order valence-electron chi connectivity index (χ2n) is 9.07. The summed E-state index contributed by atoms with van der Waals surface area (Å²) in [7, 11) is 2.97. The van der Waals surface area contributed by atoms with Gasteiger partial charge in [-0.1, -0.05) is 35.9 Å². The Balaban J connectivity index is 1.66. The van der Waals surface area contributed by atoms with E-state index in [1.165, 1.54) is 18.1 Å². The Bertz CT molecular complexity index is 1350. The summed E-state index contributed by atoms with van der Waals surface area (Å²) >= 11 is 0. The number of likely N-dealkylation sites (tertiary alicyclic amines) is 1. The van der Waals surface area contributed by atoms with E-state index in [0.29, 0.717) is 36.5 Å². The summed E-state index contributed by atoms with van der Waals surface area (Å²) in [5.41, 5.74) is 3.05. The van der Waals surface area contributed by atoms with Crippen molar-refractivity contribution in [3.8, 4) is 17.2 Å². The van der Waals surface area contributed by atoms with Gasteiger partial charge >= 0.3 is 0 Å². The summed E-state index contributed by atoms with van der Waals surface area (Å²) in [6.45, 7) is 3.06. The number of aromatic hydroxyl groups is 1. The molecule has 1 fully saturated rings. The van der Waals surface area contributed by atoms with Gasteiger partial charge in [-0.25, -0.2) is 0 Å². The maximum atomic E-state index is 13.2. The fourth-order valence-electron chi connectivity index (χ4n) is 4.53. The molecule has 0 bridgehead atoms. The first-order valence-corrected chi connectivity index (χ1v) is 12.3. The van der Waals surface area contributed by atoms with E-state index < -0.39 is 17.7 Å². The molecule has 1 saturated heterocycles. The number of benzene rings is 3. The highest BCUT2D eigenvalue weighted by Gasteiger charge is 2.46. The van der Waals surface area contributed by atoms with E-state index in [1.54, 1.807) is 43.5 Å². The average Bonchev–Trinajstić information content (AvgIpc) is 3.17. The number of methoxy groups -OCH3 is 2. The number of hydrogen-bond donors (Lipinski definition) is 2. The number of phenols is 1. The van der Waals surface area contributed by atoms with E-state index in [-0.39, 0.29) is 29.4 Å². The number of phenolic OH excluding ortho intramolecular Hbond substituents is 1. The van der Waals surface area contributed by atoms with Crippen LogP contribution in [0.15, 0.2) is 72.3 Å². The number of amides is 1. The monoisotopic (exact) mass is 517 g/mol. The largest absolute Gasteiger partial charge is 0.507 e. The highest BCUT2D eigenvalue weighted by atomic mass is 16.5. The summed E-state index contributed by atoms with van der Waals surface area (Å²) in [6.07, 6.45) is 0.502. The minimum Gasteiger partial charge on any atom is -0.507 e. The zero-order chi connectivity index (χ0) is 27.2. The number of aliphatic hydroxyl groups excluding tert-OH is 1. The zero-order valence-corrected chi connectivity index (χ0v) is 21.6. The lowest BCUT2D eigenvalue weighted by Crippen LogP contribution is -2.31. The number of rotatable bonds is 10. The van der Waals surface area contributed by atoms with Gasteiger partial charge in [-0.15, -0.1) is 0 Å². The van der Waals surface area contributed by atoms with E-state index in [9.17, 15) is 19.8 Å². The molecule has 8 nitrogen and oxygen atoms in total. The predicted molar refractivity (Wildman–Crippen MR) is 142 cm³/mol. The van der Waals surface area contributed by atoms with Crippen molar-refractivity contribution < 1.29 is 34.0 Å². The summed E-state index contributed by atoms with van der Waals surface area (Å²) in [5, 5.41) is 21.3. The number of aryl methyl sites for hydroxylation is 1. The number of aliphatic hydroxyl groups is 1. The van der Waals surface area contributed by atoms with Crippen molar-refractivity contribution in [3.05, 3.63) is 94.6 Å². The lowest BCUT2D eigenvalue weighted by Gasteiger charge is -2.25. The van der Waals surface area contributed by atoms with E-state index in [4.69, 9.17) is 14.2 Å². The molecule has 0 aliphatic carbocycles. The minimum atomic E-state index is -0.862. The van der Waals surface area contributed by atoms with Crippen molar-refractivity contribution in [2.24, 2.45) is 0 Å². The standard InChI is InChI=1S/C30H31NO7/c1-19-6-4-7-20(16-19)18-38-23-11-8-21(9-12-23)28(33)26-27(22-10-13-24(32)25(17-22)37-3)31(14-5-15-36-2)30(35)29(26)34/h4,6-13,16-17,27,32-33H,5,14-15,18H2,1-3H3/b28-26+/t27-/m0/s1. The molecular formula is C30H31NO7. The van der Waals surface area contributed by atoms with Crippen LogP contribution in [0.1, 0.15) is 34.7 Å². The highest BCUT2D eigenvalue weighted by Crippen LogP contribution is 2.42. The van der Waals surface area contributed by atoms with Crippen LogP contribution in [0, 0.1) is 6.92 Å². The van der Waals surface area contributed by atoms with Crippen LogP contribution in [0.25, 0.3) is 5.76 Å². The summed E-state index contributed by atoms with van der Waals surface area (Å²) < 4.78 is 16.2. The molecule has 8 heteroatoms. The molecule has 0 aromatic heterocycles. The lowest BCUT2D eigenvalue weighted by atomic mass is 9.95. The smallest absolute Gasteiger partial charge is 0.295 e. The summed E-state index contributed by atoms with van der Waals surface area (Å²) in [6, 6.07) is 18.5. The van der Waals surface area contributed by atoms with Gasteiger partial charge in [-0.05, 0) is 60.9 Å². The van der Waals surface area contributed by atoms with Gasteiger partial charge in [0.25, 0.3) is 11.7 Å². The Morgan fingerprint density at radius 1 is 1.00 bits per heavy atom. The van der Waals surface area contributed by atoms with Crippen molar-refractivity contribution in [1.82, 2.24) is 4.90 Å². The maximum absolute atomic E-state index is 13.2. The average molecular weight is 518 g/mol. The topological polar surface area (TPSA) is 106 Å². The van der Waals surface area contributed by atoms with Crippen LogP contribution < -0.4 is 9.47 Å². The maximum Gasteiger partial charge on any atom is 0.295 e. The highest BCUT2D eigenvalue weighted by molar-refractivity contribution is 6.46. The molecule has 3 aromatic carbocycles. The van der Waals surface area contributed by atoms with Crippen molar-refractivity contribution >= 4 is 17.4 Å². The summed E-state index contributed by atoms with van der Waals surface area (Å²) in [5.74, 6) is -1.06. The van der Waals surface area contributed by atoms with Gasteiger partial charge in [0.2, 0.25) is 0 Å². The van der Waals surface area contributed by atoms with Crippen LogP contribution in [0.2, 0.25) is 0 Å². The summed E-state index contributed by atoms with van der Waals surface area (Å²) in [4.78, 5) is 27.6. The van der Waals surface area contributed by atoms with Crippen LogP contribution in [0.3, 0.4) is 0 Å². The Morgan fingerprint density at radius 2 is 1.76 bits per heavy atom. The van der Waals surface area contributed by atoms with Gasteiger partial charge < -0.3 is 29.3 Å². The van der Waals surface area contributed by atoms with E-state index >= 15 is 0 Å². The molecule has 2 N–H and O–H groups in total. The molecule has 1 atom stereocenters. The zero-order valence-electron chi connectivity index (χ0n) is 21.6. The Kier molecular flexibility index (Phi) is 8.33. The Labute approximate surface area is 221 Å². The van der Waals surface area contributed by atoms with E-state index in [2.05, 4.69) is 0 Å². The number of Topliss-reactive ketones (excluding diaryl/α,β-unsaturated/α-hetero) is 1. The molecule has 38 heavy (non-hydrogen) atoms. The Morgan fingerprint density at radius 3 is 2.45 bits per heavy atom. The third-order valence-electron chi connectivity index (χ3n) is 6.42. The number of ketones is 1. The van der Waals surface area contributed by atoms with E-state index in [1.807, 2.05) is 31.2 Å². The molecule has 1 aliphatic heterocycles. The first-order valence-electron chi connectivity index (χ1n) is 12.3. The number of nitrogens with zero attached hydrogens (tertiary/aromatic N) is 1. The van der Waals surface area contributed by atoms with E-state index in [0.717, 1.165) is 11.1 Å². The first kappa shape index (κ1) is 26.8. The molecule has 1 aliphatic rings. The van der Waals surface area contributed by atoms with Gasteiger partial charge in [-0.3, -0.25) is 9.59 Å². The third kappa shape index (κ3) is 5.65. The van der Waals surface area contributed by atoms with Crippen LogP contribution in [0.4, 0.5) is 0 Å². The first-order chi connectivity index (χ1) is 18.3. The van der Waals surface area contributed by atoms with Crippen LogP contribution in [-0.4, -0.2) is 54.2 Å². The van der Waals surface area contributed by atoms with Gasteiger partial charge in [0.05, 0.1) is 18.7 Å². The quantitative estimate of drug-likeness (QED) is 0.173. The van der Waals surface area contributed by atoms with Crippen molar-refractivity contribution in [3.63, 3.8) is 0 Å². The molecule has 3 aromatic rings. The lowest BCUT2D eigenvalue weighted by molar-refractivity contribution is -0.140. The predicted octanol–water partition coefficient (Wildman–Crippen LogP) is 4.75. The molecule has 0 saturated carbocycles. The SMILES string of the molecule is COCCCN1C(=O)C(=O)/C(=C(/O)c2ccc(OCc3cccc(C)c3)cc2)[C@@H]1c1ccc(O)c(OC)c1. The number of ether oxygens (including phenoxy) is 3. The van der Waals surface area contributed by atoms with Crippen LogP contribution in [0.5, 0.6) is 17.2 Å². The second kappa shape index (κ2) is 11.8. The number of carbonyl (C=O) groups is 2. The normalized spacial score (nSPS) is 16.6. The van der Waals surface area contributed by atoms with Crippen molar-refractivity contribution in [2.45, 2.75) is 26.0 Å². The molecule has 0 radical (unpaired) electrons. The van der Waals surface area contributed by atoms with Crippen molar-refractivity contribution in [1.29, 1.82) is 0 Å². The molecule has 0 spiro atoms. The third-order valence-corrected chi connectivity index (χ3v) is 6.42. The number of hydrogen-bond acceptors (Lipinski definition) is 7. The number of carbonyl (C=O) groups excluding carboxylic acids is 2. The Hall–Kier alpha value is -4.30.